The van der Waals surface area contributed by atoms with E-state index in [0.29, 0.717) is 5.92 Å². The van der Waals surface area contributed by atoms with Crippen LogP contribution < -0.4 is 11.1 Å². The van der Waals surface area contributed by atoms with Crippen LogP contribution >= 0.6 is 0 Å². The molecule has 0 aliphatic heterocycles. The number of rotatable bonds is 6. The van der Waals surface area contributed by atoms with Gasteiger partial charge >= 0.3 is 0 Å². The van der Waals surface area contributed by atoms with E-state index in [1.165, 1.54) is 0 Å². The van der Waals surface area contributed by atoms with Crippen molar-refractivity contribution in [3.63, 3.8) is 0 Å². The van der Waals surface area contributed by atoms with Gasteiger partial charge in [0.2, 0.25) is 5.91 Å². The quantitative estimate of drug-likeness (QED) is 0.823. The van der Waals surface area contributed by atoms with Crippen molar-refractivity contribution in [2.75, 3.05) is 5.32 Å². The van der Waals surface area contributed by atoms with Crippen molar-refractivity contribution in [3.8, 4) is 0 Å². The fourth-order valence-corrected chi connectivity index (χ4v) is 2.11. The monoisotopic (exact) mass is 262 g/mol. The van der Waals surface area contributed by atoms with Crippen LogP contribution in [0, 0.1) is 6.92 Å². The van der Waals surface area contributed by atoms with Gasteiger partial charge < -0.3 is 11.1 Å². The van der Waals surface area contributed by atoms with Crippen LogP contribution in [0.2, 0.25) is 0 Å². The van der Waals surface area contributed by atoms with Crippen molar-refractivity contribution in [2.24, 2.45) is 5.73 Å². The summed E-state index contributed by atoms with van der Waals surface area (Å²) in [6, 6.07) is 5.68. The van der Waals surface area contributed by atoms with Crippen molar-refractivity contribution in [1.29, 1.82) is 0 Å². The van der Waals surface area contributed by atoms with Crippen LogP contribution in [0.1, 0.15) is 57.1 Å². The van der Waals surface area contributed by atoms with Crippen LogP contribution in [0.4, 0.5) is 5.69 Å². The molecular formula is C16H26N2O. The van der Waals surface area contributed by atoms with E-state index in [4.69, 9.17) is 5.73 Å². The molecule has 0 saturated carbocycles. The summed E-state index contributed by atoms with van der Waals surface area (Å²) in [5.74, 6) is 0.298. The Morgan fingerprint density at radius 3 is 2.63 bits per heavy atom. The second-order valence-electron chi connectivity index (χ2n) is 5.43. The van der Waals surface area contributed by atoms with Crippen molar-refractivity contribution in [3.05, 3.63) is 29.3 Å². The van der Waals surface area contributed by atoms with Gasteiger partial charge in [0.15, 0.2) is 0 Å². The van der Waals surface area contributed by atoms with Gasteiger partial charge in [-0.1, -0.05) is 51.8 Å². The predicted molar refractivity (Wildman–Crippen MR) is 81.4 cm³/mol. The minimum Gasteiger partial charge on any atom is -0.324 e. The molecule has 0 aliphatic rings. The molecule has 1 aromatic rings. The standard InChI is InChI=1S/C16H26N2O/c1-5-6-10-14(17)16(19)18-15-12(4)8-7-9-13(15)11(2)3/h7-9,11,14H,5-6,10,17H2,1-4H3,(H,18,19)/t14-/m0/s1. The van der Waals surface area contributed by atoms with Crippen LogP contribution in [0.5, 0.6) is 0 Å². The first-order chi connectivity index (χ1) is 8.97. The summed E-state index contributed by atoms with van der Waals surface area (Å²) in [5.41, 5.74) is 9.09. The van der Waals surface area contributed by atoms with E-state index >= 15 is 0 Å². The second kappa shape index (κ2) is 7.29. The van der Waals surface area contributed by atoms with E-state index in [2.05, 4.69) is 32.2 Å². The van der Waals surface area contributed by atoms with E-state index in [1.54, 1.807) is 0 Å². The molecule has 0 heterocycles. The zero-order valence-corrected chi connectivity index (χ0v) is 12.5. The van der Waals surface area contributed by atoms with Crippen LogP contribution in [0.25, 0.3) is 0 Å². The number of anilines is 1. The molecule has 3 heteroatoms. The highest BCUT2D eigenvalue weighted by atomic mass is 16.2. The molecule has 0 radical (unpaired) electrons. The average molecular weight is 262 g/mol. The van der Waals surface area contributed by atoms with Crippen molar-refractivity contribution < 1.29 is 4.79 Å². The molecule has 106 valence electrons. The number of amides is 1. The largest absolute Gasteiger partial charge is 0.324 e. The van der Waals surface area contributed by atoms with E-state index < -0.39 is 6.04 Å². The highest BCUT2D eigenvalue weighted by Gasteiger charge is 2.16. The van der Waals surface area contributed by atoms with E-state index in [-0.39, 0.29) is 5.91 Å². The fraction of sp³-hybridized carbons (Fsp3) is 0.562. The lowest BCUT2D eigenvalue weighted by Crippen LogP contribution is -2.36. The molecule has 1 aromatic carbocycles. The van der Waals surface area contributed by atoms with Crippen molar-refractivity contribution >= 4 is 11.6 Å². The molecule has 19 heavy (non-hydrogen) atoms. The van der Waals surface area contributed by atoms with Gasteiger partial charge in [-0.05, 0) is 30.4 Å². The second-order valence-corrected chi connectivity index (χ2v) is 5.43. The average Bonchev–Trinajstić information content (AvgIpc) is 2.37. The molecule has 0 aromatic heterocycles. The Morgan fingerprint density at radius 1 is 1.37 bits per heavy atom. The van der Waals surface area contributed by atoms with Gasteiger partial charge in [-0.3, -0.25) is 4.79 Å². The van der Waals surface area contributed by atoms with Gasteiger partial charge in [-0.25, -0.2) is 0 Å². The summed E-state index contributed by atoms with van der Waals surface area (Å²) >= 11 is 0. The molecule has 0 bridgehead atoms. The molecule has 1 atom stereocenters. The number of carbonyl (C=O) groups excluding carboxylic acids is 1. The predicted octanol–water partition coefficient (Wildman–Crippen LogP) is 3.57. The summed E-state index contributed by atoms with van der Waals surface area (Å²) in [7, 11) is 0. The molecule has 0 aliphatic carbocycles. The van der Waals surface area contributed by atoms with Crippen molar-refractivity contribution in [1.82, 2.24) is 0 Å². The fourth-order valence-electron chi connectivity index (χ4n) is 2.11. The van der Waals surface area contributed by atoms with Gasteiger partial charge in [0.1, 0.15) is 0 Å². The first-order valence-electron chi connectivity index (χ1n) is 7.13. The minimum atomic E-state index is -0.417. The third-order valence-corrected chi connectivity index (χ3v) is 3.38. The molecule has 1 rings (SSSR count). The summed E-state index contributed by atoms with van der Waals surface area (Å²) in [5, 5.41) is 3.00. The van der Waals surface area contributed by atoms with Gasteiger partial charge in [-0.2, -0.15) is 0 Å². The summed E-state index contributed by atoms with van der Waals surface area (Å²) < 4.78 is 0. The molecule has 0 unspecified atom stereocenters. The summed E-state index contributed by atoms with van der Waals surface area (Å²) in [4.78, 5) is 12.1. The number of benzene rings is 1. The molecule has 0 fully saturated rings. The maximum absolute atomic E-state index is 12.1. The zero-order valence-electron chi connectivity index (χ0n) is 12.5. The Kier molecular flexibility index (Phi) is 6.03. The van der Waals surface area contributed by atoms with Crippen LogP contribution in [0.15, 0.2) is 18.2 Å². The summed E-state index contributed by atoms with van der Waals surface area (Å²) in [6.07, 6.45) is 2.78. The summed E-state index contributed by atoms with van der Waals surface area (Å²) in [6.45, 7) is 8.37. The highest BCUT2D eigenvalue weighted by Crippen LogP contribution is 2.27. The molecule has 3 nitrogen and oxygen atoms in total. The van der Waals surface area contributed by atoms with E-state index in [1.807, 2.05) is 19.1 Å². The number of unbranched alkanes of at least 4 members (excludes halogenated alkanes) is 1. The number of hydrogen-bond donors (Lipinski definition) is 2. The Morgan fingerprint density at radius 2 is 2.05 bits per heavy atom. The van der Waals surface area contributed by atoms with Crippen LogP contribution in [-0.2, 0) is 4.79 Å². The molecule has 1 amide bonds. The van der Waals surface area contributed by atoms with Crippen molar-refractivity contribution in [2.45, 2.75) is 58.9 Å². The number of para-hydroxylation sites is 1. The van der Waals surface area contributed by atoms with Gasteiger partial charge in [0, 0.05) is 5.69 Å². The maximum atomic E-state index is 12.1. The Labute approximate surface area is 116 Å². The minimum absolute atomic E-state index is 0.0790. The Hall–Kier alpha value is -1.35. The zero-order chi connectivity index (χ0) is 14.4. The molecule has 0 spiro atoms. The lowest BCUT2D eigenvalue weighted by Gasteiger charge is -2.18. The van der Waals surface area contributed by atoms with Crippen LogP contribution in [-0.4, -0.2) is 11.9 Å². The number of nitrogens with one attached hydrogen (secondary N) is 1. The van der Waals surface area contributed by atoms with Gasteiger partial charge in [0.25, 0.3) is 0 Å². The van der Waals surface area contributed by atoms with Gasteiger partial charge in [-0.15, -0.1) is 0 Å². The Bertz CT molecular complexity index is 427. The third-order valence-electron chi connectivity index (χ3n) is 3.38. The SMILES string of the molecule is CCCC[C@H](N)C(=O)Nc1c(C)cccc1C(C)C. The number of hydrogen-bond acceptors (Lipinski definition) is 2. The Balaban J connectivity index is 2.84. The third kappa shape index (κ3) is 4.35. The van der Waals surface area contributed by atoms with E-state index in [9.17, 15) is 4.79 Å². The lowest BCUT2D eigenvalue weighted by atomic mass is 9.98. The molecule has 0 saturated heterocycles. The maximum Gasteiger partial charge on any atom is 0.241 e. The van der Waals surface area contributed by atoms with E-state index in [0.717, 1.165) is 36.1 Å². The normalized spacial score (nSPS) is 12.5. The number of nitrogens with two attached hydrogens (primary N) is 1. The first-order valence-corrected chi connectivity index (χ1v) is 7.13. The number of aryl methyl sites for hydroxylation is 1. The molecular weight excluding hydrogens is 236 g/mol. The van der Waals surface area contributed by atoms with Gasteiger partial charge in [0.05, 0.1) is 6.04 Å². The smallest absolute Gasteiger partial charge is 0.241 e. The van der Waals surface area contributed by atoms with Crippen LogP contribution in [0.3, 0.4) is 0 Å². The first kappa shape index (κ1) is 15.7. The molecule has 3 N–H and O–H groups in total. The topological polar surface area (TPSA) is 55.1 Å². The lowest BCUT2D eigenvalue weighted by molar-refractivity contribution is -0.117. The number of carbonyl (C=O) groups is 1. The highest BCUT2D eigenvalue weighted by molar-refractivity contribution is 5.96.